The Morgan fingerprint density at radius 2 is 1.67 bits per heavy atom. The van der Waals surface area contributed by atoms with Crippen molar-refractivity contribution in [1.29, 1.82) is 0 Å². The number of amides is 1. The van der Waals surface area contributed by atoms with E-state index in [2.05, 4.69) is 27.6 Å². The van der Waals surface area contributed by atoms with Crippen LogP contribution in [0, 0.1) is 0 Å². The SMILES string of the molecule is C=C(NNC(=O)CSc1nnc(-c2ccccc2)n1-c1ccc(Cl)cc1)c1ccc(O)cc1. The zero-order valence-electron chi connectivity index (χ0n) is 17.4. The van der Waals surface area contributed by atoms with Crippen LogP contribution in [-0.4, -0.2) is 31.5 Å². The van der Waals surface area contributed by atoms with E-state index in [1.54, 1.807) is 36.4 Å². The van der Waals surface area contributed by atoms with Gasteiger partial charge in [-0.05, 0) is 54.1 Å². The number of aromatic nitrogens is 3. The molecule has 3 N–H and O–H groups in total. The molecule has 0 radical (unpaired) electrons. The van der Waals surface area contributed by atoms with Crippen LogP contribution >= 0.6 is 23.4 Å². The second-order valence-electron chi connectivity index (χ2n) is 6.97. The Morgan fingerprint density at radius 1 is 0.970 bits per heavy atom. The lowest BCUT2D eigenvalue weighted by Gasteiger charge is -2.12. The fourth-order valence-electron chi connectivity index (χ4n) is 3.01. The number of hydrogen-bond acceptors (Lipinski definition) is 6. The number of aromatic hydroxyl groups is 1. The van der Waals surface area contributed by atoms with Gasteiger partial charge in [0.2, 0.25) is 5.91 Å². The van der Waals surface area contributed by atoms with Crippen molar-refractivity contribution in [1.82, 2.24) is 25.6 Å². The summed E-state index contributed by atoms with van der Waals surface area (Å²) in [6.45, 7) is 3.89. The van der Waals surface area contributed by atoms with Crippen molar-refractivity contribution in [3.05, 3.63) is 96.0 Å². The van der Waals surface area contributed by atoms with E-state index in [9.17, 15) is 9.90 Å². The largest absolute Gasteiger partial charge is 0.508 e. The van der Waals surface area contributed by atoms with Crippen LogP contribution in [0.1, 0.15) is 5.56 Å². The van der Waals surface area contributed by atoms with Crippen molar-refractivity contribution in [2.75, 3.05) is 5.75 Å². The Labute approximate surface area is 200 Å². The molecular formula is C24H20ClN5O2S. The fraction of sp³-hybridized carbons (Fsp3) is 0.0417. The monoisotopic (exact) mass is 477 g/mol. The Kier molecular flexibility index (Phi) is 6.97. The maximum Gasteiger partial charge on any atom is 0.248 e. The average molecular weight is 478 g/mol. The number of halogens is 1. The van der Waals surface area contributed by atoms with Gasteiger partial charge in [-0.25, -0.2) is 0 Å². The molecule has 3 aromatic carbocycles. The molecule has 0 bridgehead atoms. The molecule has 0 aliphatic rings. The lowest BCUT2D eigenvalue weighted by atomic mass is 10.2. The fourth-order valence-corrected chi connectivity index (χ4v) is 3.88. The Morgan fingerprint density at radius 3 is 2.36 bits per heavy atom. The number of rotatable bonds is 8. The molecule has 0 aliphatic carbocycles. The smallest absolute Gasteiger partial charge is 0.248 e. The highest BCUT2D eigenvalue weighted by atomic mass is 35.5. The zero-order chi connectivity index (χ0) is 23.2. The van der Waals surface area contributed by atoms with Crippen LogP contribution in [0.15, 0.2) is 90.6 Å². The van der Waals surface area contributed by atoms with Crippen LogP contribution in [0.4, 0.5) is 0 Å². The third kappa shape index (κ3) is 5.54. The minimum Gasteiger partial charge on any atom is -0.508 e. The summed E-state index contributed by atoms with van der Waals surface area (Å²) < 4.78 is 1.90. The Balaban J connectivity index is 1.47. The molecule has 1 heterocycles. The van der Waals surface area contributed by atoms with E-state index in [0.29, 0.717) is 21.7 Å². The molecule has 0 atom stereocenters. The highest BCUT2D eigenvalue weighted by Gasteiger charge is 2.17. The van der Waals surface area contributed by atoms with Gasteiger partial charge in [0.25, 0.3) is 0 Å². The van der Waals surface area contributed by atoms with Crippen LogP contribution in [0.25, 0.3) is 22.8 Å². The lowest BCUT2D eigenvalue weighted by Crippen LogP contribution is -2.37. The van der Waals surface area contributed by atoms with Crippen LogP contribution < -0.4 is 10.9 Å². The van der Waals surface area contributed by atoms with Crippen LogP contribution in [0.5, 0.6) is 5.75 Å². The van der Waals surface area contributed by atoms with E-state index in [1.807, 2.05) is 47.0 Å². The molecule has 0 saturated heterocycles. The van der Waals surface area contributed by atoms with E-state index >= 15 is 0 Å². The van der Waals surface area contributed by atoms with Crippen molar-refractivity contribution < 1.29 is 9.90 Å². The topological polar surface area (TPSA) is 92.1 Å². The molecule has 166 valence electrons. The first kappa shape index (κ1) is 22.4. The van der Waals surface area contributed by atoms with Gasteiger partial charge in [0.05, 0.1) is 11.4 Å². The number of benzene rings is 3. The second-order valence-corrected chi connectivity index (χ2v) is 8.35. The molecular weight excluding hydrogens is 458 g/mol. The van der Waals surface area contributed by atoms with Gasteiger partial charge in [-0.1, -0.05) is 60.3 Å². The first-order chi connectivity index (χ1) is 16.0. The number of carbonyl (C=O) groups excluding carboxylic acids is 1. The summed E-state index contributed by atoms with van der Waals surface area (Å²) in [4.78, 5) is 12.4. The lowest BCUT2D eigenvalue weighted by molar-refractivity contribution is -0.119. The molecule has 9 heteroatoms. The highest BCUT2D eigenvalue weighted by Crippen LogP contribution is 2.28. The van der Waals surface area contributed by atoms with Crippen LogP contribution in [-0.2, 0) is 4.79 Å². The second kappa shape index (κ2) is 10.2. The van der Waals surface area contributed by atoms with Crippen LogP contribution in [0.2, 0.25) is 5.02 Å². The number of hydrogen-bond donors (Lipinski definition) is 3. The van der Waals surface area contributed by atoms with Gasteiger partial charge in [-0.2, -0.15) is 0 Å². The highest BCUT2D eigenvalue weighted by molar-refractivity contribution is 7.99. The molecule has 4 rings (SSSR count). The normalized spacial score (nSPS) is 10.6. The quantitative estimate of drug-likeness (QED) is 0.252. The standard InChI is InChI=1S/C24H20ClN5O2S/c1-16(17-7-13-21(31)14-8-17)26-27-22(32)15-33-24-29-28-23(18-5-3-2-4-6-18)30(24)20-11-9-19(25)10-12-20/h2-14,26,31H,1,15H2,(H,27,32). The number of phenolic OH excluding ortho intramolecular Hbond substituents is 1. The summed E-state index contributed by atoms with van der Waals surface area (Å²) >= 11 is 7.32. The minimum absolute atomic E-state index is 0.108. The Bertz CT molecular complexity index is 1260. The maximum atomic E-state index is 12.4. The Hall–Kier alpha value is -3.75. The van der Waals surface area contributed by atoms with Gasteiger partial charge < -0.3 is 5.11 Å². The summed E-state index contributed by atoms with van der Waals surface area (Å²) in [5.74, 6) is 0.675. The maximum absolute atomic E-state index is 12.4. The summed E-state index contributed by atoms with van der Waals surface area (Å²) in [5.41, 5.74) is 8.41. The summed E-state index contributed by atoms with van der Waals surface area (Å²) in [6.07, 6.45) is 0. The molecule has 1 aromatic heterocycles. The number of thioether (sulfide) groups is 1. The molecule has 33 heavy (non-hydrogen) atoms. The van der Waals surface area contributed by atoms with E-state index in [1.165, 1.54) is 11.8 Å². The first-order valence-corrected chi connectivity index (χ1v) is 11.3. The van der Waals surface area contributed by atoms with Crippen molar-refractivity contribution in [2.24, 2.45) is 0 Å². The minimum atomic E-state index is -0.258. The van der Waals surface area contributed by atoms with Gasteiger partial charge in [-0.3, -0.25) is 20.2 Å². The van der Waals surface area contributed by atoms with E-state index in [0.717, 1.165) is 16.8 Å². The van der Waals surface area contributed by atoms with E-state index in [4.69, 9.17) is 11.6 Å². The van der Waals surface area contributed by atoms with Gasteiger partial charge in [0, 0.05) is 16.3 Å². The average Bonchev–Trinajstić information content (AvgIpc) is 3.26. The van der Waals surface area contributed by atoms with Crippen molar-refractivity contribution in [3.63, 3.8) is 0 Å². The van der Waals surface area contributed by atoms with Gasteiger partial charge >= 0.3 is 0 Å². The molecule has 4 aromatic rings. The number of phenols is 1. The zero-order valence-corrected chi connectivity index (χ0v) is 19.0. The summed E-state index contributed by atoms with van der Waals surface area (Å²) in [7, 11) is 0. The number of hydrazine groups is 1. The molecule has 0 unspecified atom stereocenters. The third-order valence-corrected chi connectivity index (χ3v) is 5.83. The predicted octanol–water partition coefficient (Wildman–Crippen LogP) is 4.68. The van der Waals surface area contributed by atoms with Crippen molar-refractivity contribution >= 4 is 35.0 Å². The number of nitrogens with one attached hydrogen (secondary N) is 2. The molecule has 0 saturated carbocycles. The molecule has 7 nitrogen and oxygen atoms in total. The first-order valence-electron chi connectivity index (χ1n) is 9.94. The molecule has 0 spiro atoms. The molecule has 0 fully saturated rings. The molecule has 1 amide bonds. The van der Waals surface area contributed by atoms with Gasteiger partial charge in [-0.15, -0.1) is 10.2 Å². The summed E-state index contributed by atoms with van der Waals surface area (Å²) in [5, 5.41) is 19.3. The third-order valence-electron chi connectivity index (χ3n) is 4.65. The van der Waals surface area contributed by atoms with Crippen molar-refractivity contribution in [2.45, 2.75) is 5.16 Å². The summed E-state index contributed by atoms with van der Waals surface area (Å²) in [6, 6.07) is 23.6. The van der Waals surface area contributed by atoms with E-state index < -0.39 is 0 Å². The molecule has 0 aliphatic heterocycles. The van der Waals surface area contributed by atoms with Gasteiger partial charge in [0.1, 0.15) is 5.75 Å². The van der Waals surface area contributed by atoms with Crippen molar-refractivity contribution in [3.8, 4) is 22.8 Å². The number of carbonyl (C=O) groups is 1. The van der Waals surface area contributed by atoms with Gasteiger partial charge in [0.15, 0.2) is 11.0 Å². The van der Waals surface area contributed by atoms with Crippen LogP contribution in [0.3, 0.4) is 0 Å². The predicted molar refractivity (Wildman–Crippen MR) is 131 cm³/mol. The van der Waals surface area contributed by atoms with E-state index in [-0.39, 0.29) is 17.4 Å². The number of nitrogens with zero attached hydrogens (tertiary/aromatic N) is 3.